The highest BCUT2D eigenvalue weighted by atomic mass is 31.1. The molecule has 0 saturated carbocycles. The highest BCUT2D eigenvalue weighted by Gasteiger charge is 2.55. The number of hydrogen-bond acceptors (Lipinski definition) is 4. The lowest BCUT2D eigenvalue weighted by atomic mass is 10.2. The molecule has 0 bridgehead atoms. The van der Waals surface area contributed by atoms with Crippen molar-refractivity contribution in [3.05, 3.63) is 36.4 Å². The van der Waals surface area contributed by atoms with Gasteiger partial charge in [0.1, 0.15) is 23.0 Å². The van der Waals surface area contributed by atoms with E-state index in [4.69, 9.17) is 18.9 Å². The number of hydrogen-bond donors (Lipinski definition) is 0. The van der Waals surface area contributed by atoms with E-state index in [-0.39, 0.29) is 22.0 Å². The Morgan fingerprint density at radius 1 is 0.667 bits per heavy atom. The zero-order valence-electron chi connectivity index (χ0n) is 19.1. The van der Waals surface area contributed by atoms with Gasteiger partial charge in [0.15, 0.2) is 11.7 Å². The molecule has 2 aromatic rings. The molecule has 0 aromatic heterocycles. The summed E-state index contributed by atoms with van der Waals surface area (Å²) in [5.74, 6) is 3.66. The fourth-order valence-electron chi connectivity index (χ4n) is 4.42. The van der Waals surface area contributed by atoms with Crippen molar-refractivity contribution in [1.82, 2.24) is 0 Å². The van der Waals surface area contributed by atoms with Crippen molar-refractivity contribution in [1.29, 1.82) is 0 Å². The first kappa shape index (κ1) is 21.7. The zero-order valence-corrected chi connectivity index (χ0v) is 20.9. The summed E-state index contributed by atoms with van der Waals surface area (Å²) in [6.07, 6.45) is 0. The van der Waals surface area contributed by atoms with Crippen LogP contribution in [0, 0.1) is 0 Å². The van der Waals surface area contributed by atoms with Crippen LogP contribution in [0.1, 0.15) is 41.5 Å². The van der Waals surface area contributed by atoms with Crippen molar-refractivity contribution in [2.75, 3.05) is 14.2 Å². The van der Waals surface area contributed by atoms with Gasteiger partial charge in [0.25, 0.3) is 0 Å². The topological polar surface area (TPSA) is 36.9 Å². The van der Waals surface area contributed by atoms with Gasteiger partial charge in [-0.25, -0.2) is 0 Å². The van der Waals surface area contributed by atoms with E-state index in [0.717, 1.165) is 23.0 Å². The van der Waals surface area contributed by atoms with Crippen LogP contribution in [0.2, 0.25) is 0 Å². The number of benzene rings is 2. The van der Waals surface area contributed by atoms with Crippen molar-refractivity contribution in [2.45, 2.75) is 63.5 Å². The molecule has 4 rings (SSSR count). The highest BCUT2D eigenvalue weighted by molar-refractivity contribution is 7.72. The summed E-state index contributed by atoms with van der Waals surface area (Å²) in [5, 5.41) is 2.54. The lowest BCUT2D eigenvalue weighted by molar-refractivity contribution is 0.171. The fourth-order valence-corrected chi connectivity index (χ4v) is 11.2. The molecular formula is C24H32O4P2. The lowest BCUT2D eigenvalue weighted by Gasteiger charge is -2.39. The standard InChI is InChI=1S/C24H32O4P2/c1-23(2,3)29-19-15(25-7)11-9-13-17(19)27-21(29)22-28-18-14-10-12-16(26-8)20(18)30(22)24(4,5)6/h9-14,21-22H,1-8H3/t21-,22?,29+,30+/m0/s1. The average molecular weight is 446 g/mol. The van der Waals surface area contributed by atoms with Crippen molar-refractivity contribution in [2.24, 2.45) is 0 Å². The molecule has 0 N–H and O–H groups in total. The van der Waals surface area contributed by atoms with Gasteiger partial charge < -0.3 is 18.9 Å². The molecular weight excluding hydrogens is 414 g/mol. The zero-order chi connectivity index (χ0) is 21.8. The minimum absolute atomic E-state index is 0.0336. The van der Waals surface area contributed by atoms with Gasteiger partial charge in [-0.3, -0.25) is 0 Å². The smallest absolute Gasteiger partial charge is 0.162 e. The number of rotatable bonds is 3. The Kier molecular flexibility index (Phi) is 5.48. The van der Waals surface area contributed by atoms with Crippen molar-refractivity contribution >= 4 is 26.5 Å². The third-order valence-corrected chi connectivity index (χ3v) is 12.3. The number of fused-ring (bicyclic) bond motifs is 2. The van der Waals surface area contributed by atoms with Gasteiger partial charge in [-0.05, 0) is 50.4 Å². The maximum Gasteiger partial charge on any atom is 0.162 e. The Morgan fingerprint density at radius 3 is 1.33 bits per heavy atom. The Balaban J connectivity index is 1.85. The predicted octanol–water partition coefficient (Wildman–Crippen LogP) is 5.65. The van der Waals surface area contributed by atoms with Gasteiger partial charge in [-0.1, -0.05) is 53.7 Å². The van der Waals surface area contributed by atoms with Crippen LogP contribution in [-0.4, -0.2) is 36.2 Å². The van der Waals surface area contributed by atoms with Crippen molar-refractivity contribution in [3.63, 3.8) is 0 Å². The molecule has 30 heavy (non-hydrogen) atoms. The van der Waals surface area contributed by atoms with Gasteiger partial charge >= 0.3 is 0 Å². The summed E-state index contributed by atoms with van der Waals surface area (Å²) >= 11 is 0. The Hall–Kier alpha value is -1.50. The summed E-state index contributed by atoms with van der Waals surface area (Å²) in [7, 11) is 2.11. The van der Waals surface area contributed by atoms with Crippen molar-refractivity contribution < 1.29 is 18.9 Å². The molecule has 0 radical (unpaired) electrons. The lowest BCUT2D eigenvalue weighted by Crippen LogP contribution is -2.38. The molecule has 2 aromatic carbocycles. The summed E-state index contributed by atoms with van der Waals surface area (Å²) in [6.45, 7) is 13.8. The molecule has 0 aliphatic carbocycles. The summed E-state index contributed by atoms with van der Waals surface area (Å²) < 4.78 is 24.9. The van der Waals surface area contributed by atoms with Crippen LogP contribution in [-0.2, 0) is 0 Å². The molecule has 2 aliphatic heterocycles. The number of methoxy groups -OCH3 is 2. The van der Waals surface area contributed by atoms with Crippen LogP contribution >= 0.6 is 15.8 Å². The molecule has 2 heterocycles. The average Bonchev–Trinajstić information content (AvgIpc) is 3.25. The quantitative estimate of drug-likeness (QED) is 0.571. The first-order valence-corrected chi connectivity index (χ1v) is 13.2. The maximum absolute atomic E-state index is 6.70. The van der Waals surface area contributed by atoms with Gasteiger partial charge in [0.05, 0.1) is 24.8 Å². The molecule has 0 spiro atoms. The first-order valence-electron chi connectivity index (χ1n) is 10.3. The van der Waals surface area contributed by atoms with Gasteiger partial charge in [-0.2, -0.15) is 0 Å². The fraction of sp³-hybridized carbons (Fsp3) is 0.500. The predicted molar refractivity (Wildman–Crippen MR) is 127 cm³/mol. The summed E-state index contributed by atoms with van der Waals surface area (Å²) in [4.78, 5) is 0. The van der Waals surface area contributed by atoms with Crippen LogP contribution < -0.4 is 29.6 Å². The van der Waals surface area contributed by atoms with Gasteiger partial charge in [0.2, 0.25) is 0 Å². The summed E-state index contributed by atoms with van der Waals surface area (Å²) in [5.41, 5.74) is 0. The molecule has 4 nitrogen and oxygen atoms in total. The van der Waals surface area contributed by atoms with E-state index in [1.807, 2.05) is 24.3 Å². The molecule has 0 amide bonds. The molecule has 6 heteroatoms. The van der Waals surface area contributed by atoms with Crippen LogP contribution in [0.4, 0.5) is 0 Å². The van der Waals surface area contributed by atoms with E-state index in [1.165, 1.54) is 10.6 Å². The van der Waals surface area contributed by atoms with E-state index < -0.39 is 15.8 Å². The second kappa shape index (κ2) is 7.57. The van der Waals surface area contributed by atoms with Crippen LogP contribution in [0.15, 0.2) is 36.4 Å². The summed E-state index contributed by atoms with van der Waals surface area (Å²) in [6, 6.07) is 12.3. The molecule has 1 unspecified atom stereocenters. The third kappa shape index (κ3) is 3.47. The minimum atomic E-state index is -0.690. The van der Waals surface area contributed by atoms with Gasteiger partial charge in [-0.15, -0.1) is 0 Å². The second-order valence-electron chi connectivity index (χ2n) is 9.71. The van der Waals surface area contributed by atoms with Crippen LogP contribution in [0.25, 0.3) is 0 Å². The van der Waals surface area contributed by atoms with E-state index >= 15 is 0 Å². The first-order chi connectivity index (χ1) is 14.1. The normalized spacial score (nSPS) is 25.2. The SMILES string of the molecule is COc1cccc2c1[P@@](C(C)(C)C)C([C@H]1Oc3cccc(OC)c3[P@@]1C(C)(C)C)O2. The molecule has 4 atom stereocenters. The Morgan fingerprint density at radius 2 is 1.03 bits per heavy atom. The maximum atomic E-state index is 6.70. The minimum Gasteiger partial charge on any atom is -0.496 e. The van der Waals surface area contributed by atoms with E-state index in [0.29, 0.717) is 0 Å². The highest BCUT2D eigenvalue weighted by Crippen LogP contribution is 2.69. The molecule has 162 valence electrons. The van der Waals surface area contributed by atoms with Crippen molar-refractivity contribution in [3.8, 4) is 23.0 Å². The second-order valence-corrected chi connectivity index (χ2v) is 15.8. The molecule has 0 fully saturated rings. The van der Waals surface area contributed by atoms with Crippen LogP contribution in [0.3, 0.4) is 0 Å². The molecule has 2 aliphatic rings. The monoisotopic (exact) mass is 446 g/mol. The Labute approximate surface area is 182 Å². The Bertz CT molecular complexity index is 868. The van der Waals surface area contributed by atoms with Crippen LogP contribution in [0.5, 0.6) is 23.0 Å². The molecule has 0 saturated heterocycles. The van der Waals surface area contributed by atoms with E-state index in [9.17, 15) is 0 Å². The number of ether oxygens (including phenoxy) is 4. The third-order valence-electron chi connectivity index (χ3n) is 5.54. The van der Waals surface area contributed by atoms with Gasteiger partial charge in [0, 0.05) is 0 Å². The largest absolute Gasteiger partial charge is 0.496 e. The van der Waals surface area contributed by atoms with E-state index in [1.54, 1.807) is 14.2 Å². The van der Waals surface area contributed by atoms with E-state index in [2.05, 4.69) is 53.7 Å².